The van der Waals surface area contributed by atoms with Crippen LogP contribution in [0.25, 0.3) is 0 Å². The molecule has 1 amide bonds. The lowest BCUT2D eigenvalue weighted by molar-refractivity contribution is -0.119. The molecule has 1 rings (SSSR count). The maximum Gasteiger partial charge on any atom is 0.222 e. The zero-order valence-corrected chi connectivity index (χ0v) is 6.63. The van der Waals surface area contributed by atoms with E-state index in [9.17, 15) is 4.79 Å². The van der Waals surface area contributed by atoms with E-state index in [1.165, 1.54) is 0 Å². The normalized spacial score (nSPS) is 25.4. The van der Waals surface area contributed by atoms with Crippen LogP contribution >= 0.6 is 0 Å². The van der Waals surface area contributed by atoms with E-state index in [0.29, 0.717) is 18.8 Å². The van der Waals surface area contributed by atoms with Gasteiger partial charge in [0.1, 0.15) is 0 Å². The number of rotatable bonds is 2. The molecule has 0 aromatic carbocycles. The first-order valence-electron chi connectivity index (χ1n) is 3.81. The number of hydrogen-bond donors (Lipinski definition) is 2. The Bertz CT molecular complexity index is 188. The second-order valence-corrected chi connectivity index (χ2v) is 2.64. The summed E-state index contributed by atoms with van der Waals surface area (Å²) in [5, 5.41) is 2.70. The van der Waals surface area contributed by atoms with Crippen LogP contribution in [0.3, 0.4) is 0 Å². The van der Waals surface area contributed by atoms with Crippen LogP contribution < -0.4 is 11.1 Å². The average Bonchev–Trinajstić information content (AvgIpc) is 2.35. The smallest absolute Gasteiger partial charge is 0.222 e. The van der Waals surface area contributed by atoms with Crippen molar-refractivity contribution in [2.75, 3.05) is 6.54 Å². The Labute approximate surface area is 65.9 Å². The van der Waals surface area contributed by atoms with E-state index in [1.54, 1.807) is 0 Å². The molecule has 11 heavy (non-hydrogen) atoms. The van der Waals surface area contributed by atoms with E-state index in [4.69, 9.17) is 5.73 Å². The number of amides is 1. The van der Waals surface area contributed by atoms with Crippen LogP contribution in [0.5, 0.6) is 0 Å². The topological polar surface area (TPSA) is 67.5 Å². The minimum atomic E-state index is 0.0717. The molecule has 1 heterocycles. The fourth-order valence-electron chi connectivity index (χ4n) is 1.01. The predicted octanol–water partition coefficient (Wildman–Crippen LogP) is -0.358. The first kappa shape index (κ1) is 8.04. The number of hydrogen-bond acceptors (Lipinski definition) is 2. The summed E-state index contributed by atoms with van der Waals surface area (Å²) in [7, 11) is 0. The van der Waals surface area contributed by atoms with Gasteiger partial charge in [-0.05, 0) is 0 Å². The van der Waals surface area contributed by atoms with E-state index in [1.807, 2.05) is 6.92 Å². The SMILES string of the molecule is CCC(N)=NC1CNC(=O)C1. The Morgan fingerprint density at radius 3 is 3.09 bits per heavy atom. The van der Waals surface area contributed by atoms with Crippen LogP contribution in [0.1, 0.15) is 19.8 Å². The molecule has 4 heteroatoms. The molecular weight excluding hydrogens is 142 g/mol. The highest BCUT2D eigenvalue weighted by Crippen LogP contribution is 2.03. The monoisotopic (exact) mass is 155 g/mol. The molecule has 3 N–H and O–H groups in total. The quantitative estimate of drug-likeness (QED) is 0.422. The lowest BCUT2D eigenvalue weighted by atomic mass is 10.3. The molecule has 0 saturated carbocycles. The fraction of sp³-hybridized carbons (Fsp3) is 0.714. The summed E-state index contributed by atoms with van der Waals surface area (Å²) in [5.74, 6) is 0.703. The lowest BCUT2D eigenvalue weighted by Gasteiger charge is -2.00. The Kier molecular flexibility index (Phi) is 2.46. The molecule has 0 aromatic rings. The minimum absolute atomic E-state index is 0.0717. The third-order valence-electron chi connectivity index (χ3n) is 1.67. The Morgan fingerprint density at radius 1 is 1.91 bits per heavy atom. The summed E-state index contributed by atoms with van der Waals surface area (Å²) in [6, 6.07) is 0.0717. The third-order valence-corrected chi connectivity index (χ3v) is 1.67. The molecule has 0 spiro atoms. The Morgan fingerprint density at radius 2 is 2.64 bits per heavy atom. The second kappa shape index (κ2) is 3.37. The number of nitrogens with two attached hydrogens (primary N) is 1. The standard InChI is InChI=1S/C7H13N3O/c1-2-6(8)10-5-3-7(11)9-4-5/h5H,2-4H2,1H3,(H2,8,10)(H,9,11). The number of aliphatic imine (C=N–C) groups is 1. The van der Waals surface area contributed by atoms with Crippen molar-refractivity contribution in [3.05, 3.63) is 0 Å². The van der Waals surface area contributed by atoms with Gasteiger partial charge < -0.3 is 11.1 Å². The maximum atomic E-state index is 10.7. The molecule has 4 nitrogen and oxygen atoms in total. The zero-order chi connectivity index (χ0) is 8.27. The van der Waals surface area contributed by atoms with E-state index < -0.39 is 0 Å². The van der Waals surface area contributed by atoms with Gasteiger partial charge in [-0.1, -0.05) is 6.92 Å². The van der Waals surface area contributed by atoms with Gasteiger partial charge in [0.2, 0.25) is 5.91 Å². The molecule has 0 radical (unpaired) electrons. The minimum Gasteiger partial charge on any atom is -0.387 e. The van der Waals surface area contributed by atoms with Crippen molar-refractivity contribution in [1.82, 2.24) is 5.32 Å². The molecule has 1 saturated heterocycles. The number of nitrogens with zero attached hydrogens (tertiary/aromatic N) is 1. The van der Waals surface area contributed by atoms with Crippen molar-refractivity contribution in [1.29, 1.82) is 0 Å². The van der Waals surface area contributed by atoms with Gasteiger partial charge in [-0.3, -0.25) is 9.79 Å². The molecule has 0 bridgehead atoms. The number of nitrogens with one attached hydrogen (secondary N) is 1. The van der Waals surface area contributed by atoms with Gasteiger partial charge in [0.25, 0.3) is 0 Å². The van der Waals surface area contributed by atoms with E-state index in [2.05, 4.69) is 10.3 Å². The van der Waals surface area contributed by atoms with Crippen molar-refractivity contribution < 1.29 is 4.79 Å². The summed E-state index contributed by atoms with van der Waals surface area (Å²) in [6.45, 7) is 2.59. The summed E-state index contributed by atoms with van der Waals surface area (Å²) in [5.41, 5.74) is 5.51. The summed E-state index contributed by atoms with van der Waals surface area (Å²) >= 11 is 0. The molecule has 0 aromatic heterocycles. The molecule has 1 fully saturated rings. The van der Waals surface area contributed by atoms with Crippen LogP contribution in [0.2, 0.25) is 0 Å². The summed E-state index contributed by atoms with van der Waals surface area (Å²) in [6.07, 6.45) is 1.24. The fourth-order valence-corrected chi connectivity index (χ4v) is 1.01. The molecular formula is C7H13N3O. The van der Waals surface area contributed by atoms with Gasteiger partial charge in [-0.15, -0.1) is 0 Å². The largest absolute Gasteiger partial charge is 0.387 e. The highest BCUT2D eigenvalue weighted by Gasteiger charge is 2.20. The first-order valence-corrected chi connectivity index (χ1v) is 3.81. The molecule has 62 valence electrons. The number of carbonyl (C=O) groups excluding carboxylic acids is 1. The highest BCUT2D eigenvalue weighted by molar-refractivity contribution is 5.82. The van der Waals surface area contributed by atoms with Crippen molar-refractivity contribution in [2.45, 2.75) is 25.8 Å². The van der Waals surface area contributed by atoms with E-state index in [-0.39, 0.29) is 11.9 Å². The van der Waals surface area contributed by atoms with Gasteiger partial charge in [0, 0.05) is 13.0 Å². The van der Waals surface area contributed by atoms with Crippen LogP contribution in [0, 0.1) is 0 Å². The van der Waals surface area contributed by atoms with Crippen molar-refractivity contribution in [2.24, 2.45) is 10.7 Å². The average molecular weight is 155 g/mol. The maximum absolute atomic E-state index is 10.7. The lowest BCUT2D eigenvalue weighted by Crippen LogP contribution is -2.18. The van der Waals surface area contributed by atoms with E-state index >= 15 is 0 Å². The van der Waals surface area contributed by atoms with Gasteiger partial charge >= 0.3 is 0 Å². The van der Waals surface area contributed by atoms with Gasteiger partial charge in [0.05, 0.1) is 18.3 Å². The van der Waals surface area contributed by atoms with Gasteiger partial charge in [0.15, 0.2) is 0 Å². The van der Waals surface area contributed by atoms with Crippen LogP contribution in [-0.2, 0) is 4.79 Å². The molecule has 1 unspecified atom stereocenters. The molecule has 1 aliphatic rings. The van der Waals surface area contributed by atoms with Crippen LogP contribution in [0.4, 0.5) is 0 Å². The van der Waals surface area contributed by atoms with Crippen LogP contribution in [-0.4, -0.2) is 24.3 Å². The van der Waals surface area contributed by atoms with Gasteiger partial charge in [-0.2, -0.15) is 0 Å². The predicted molar refractivity (Wildman–Crippen MR) is 43.3 cm³/mol. The third kappa shape index (κ3) is 2.22. The Balaban J connectivity index is 2.44. The second-order valence-electron chi connectivity index (χ2n) is 2.64. The summed E-state index contributed by atoms with van der Waals surface area (Å²) in [4.78, 5) is 14.9. The van der Waals surface area contributed by atoms with Crippen molar-refractivity contribution in [3.8, 4) is 0 Å². The number of amidine groups is 1. The van der Waals surface area contributed by atoms with Crippen LogP contribution in [0.15, 0.2) is 4.99 Å². The number of carbonyl (C=O) groups is 1. The Hall–Kier alpha value is -1.06. The van der Waals surface area contributed by atoms with Crippen molar-refractivity contribution >= 4 is 11.7 Å². The highest BCUT2D eigenvalue weighted by atomic mass is 16.1. The molecule has 0 aliphatic carbocycles. The first-order chi connectivity index (χ1) is 5.22. The molecule has 1 atom stereocenters. The van der Waals surface area contributed by atoms with Crippen molar-refractivity contribution in [3.63, 3.8) is 0 Å². The zero-order valence-electron chi connectivity index (χ0n) is 6.63. The molecule has 1 aliphatic heterocycles. The van der Waals surface area contributed by atoms with Gasteiger partial charge in [-0.25, -0.2) is 0 Å². The van der Waals surface area contributed by atoms with E-state index in [0.717, 1.165) is 6.42 Å². The summed E-state index contributed by atoms with van der Waals surface area (Å²) < 4.78 is 0.